The molecule has 0 aliphatic heterocycles. The normalized spacial score (nSPS) is 12.8. The Hall–Kier alpha value is -0.314. The monoisotopic (exact) mass is 403 g/mol. The van der Waals surface area contributed by atoms with Gasteiger partial charge in [-0.25, -0.2) is 4.39 Å². The molecule has 2 rings (SSSR count). The van der Waals surface area contributed by atoms with Crippen LogP contribution in [0.3, 0.4) is 0 Å². The van der Waals surface area contributed by atoms with Crippen molar-refractivity contribution in [3.63, 3.8) is 0 Å². The van der Waals surface area contributed by atoms with Crippen LogP contribution in [-0.4, -0.2) is 19.1 Å². The topological polar surface area (TPSA) is 61.4 Å². The second kappa shape index (κ2) is 11.5. The Balaban J connectivity index is 0.00000338. The number of hydroxylamine groups is 1. The second-order valence-corrected chi connectivity index (χ2v) is 6.37. The number of aryl methyl sites for hydroxylation is 1. The molecule has 2 atom stereocenters. The van der Waals surface area contributed by atoms with Crippen molar-refractivity contribution >= 4 is 17.5 Å². The van der Waals surface area contributed by atoms with E-state index in [0.29, 0.717) is 11.4 Å². The van der Waals surface area contributed by atoms with E-state index in [1.807, 2.05) is 19.1 Å². The van der Waals surface area contributed by atoms with Gasteiger partial charge in [-0.3, -0.25) is 4.79 Å². The van der Waals surface area contributed by atoms with Gasteiger partial charge in [0.15, 0.2) is 0 Å². The Morgan fingerprint density at radius 3 is 2.46 bits per heavy atom. The summed E-state index contributed by atoms with van der Waals surface area (Å²) in [6.07, 6.45) is -0.0250. The zero-order valence-corrected chi connectivity index (χ0v) is 19.0. The number of carbonyl (C=O) groups is 1. The maximum absolute atomic E-state index is 13.3. The van der Waals surface area contributed by atoms with Crippen LogP contribution in [0, 0.1) is 17.9 Å². The molecule has 1 N–H and O–H groups in total. The van der Waals surface area contributed by atoms with Gasteiger partial charge >= 0.3 is 51.4 Å². The second-order valence-electron chi connectivity index (χ2n) is 5.94. The largest absolute Gasteiger partial charge is 1.00 e. The van der Waals surface area contributed by atoms with Gasteiger partial charge in [-0.15, -0.1) is 0 Å². The molecule has 0 unspecified atom stereocenters. The maximum Gasteiger partial charge on any atom is 1.00 e. The molecule has 0 aliphatic carbocycles. The predicted octanol–water partition coefficient (Wildman–Crippen LogP) is 1.14. The average Bonchev–Trinajstić information content (AvgIpc) is 2.60. The summed E-state index contributed by atoms with van der Waals surface area (Å²) in [6, 6.07) is 11.7. The molecule has 134 valence electrons. The van der Waals surface area contributed by atoms with Crippen LogP contribution >= 0.6 is 11.6 Å². The van der Waals surface area contributed by atoms with Crippen LogP contribution in [0.1, 0.15) is 29.0 Å². The number of carbonyl (C=O) groups excluding carboxylic acids is 1. The van der Waals surface area contributed by atoms with Crippen molar-refractivity contribution in [3.8, 4) is 0 Å². The zero-order chi connectivity index (χ0) is 18.4. The molecule has 4 nitrogen and oxygen atoms in total. The molecule has 0 spiro atoms. The van der Waals surface area contributed by atoms with Gasteiger partial charge in [-0.2, -0.15) is 0 Å². The summed E-state index contributed by atoms with van der Waals surface area (Å²) in [4.78, 5) is 11.6. The fraction of sp³-hybridized carbons (Fsp3) is 0.316. The fourth-order valence-corrected chi connectivity index (χ4v) is 3.14. The number of nitrogens with one attached hydrogen (secondary N) is 1. The first kappa shape index (κ1) is 23.7. The van der Waals surface area contributed by atoms with E-state index in [2.05, 4.69) is 0 Å². The summed E-state index contributed by atoms with van der Waals surface area (Å²) in [6.45, 7) is 1.95. The fourth-order valence-electron chi connectivity index (χ4n) is 2.91. The predicted molar refractivity (Wildman–Crippen MR) is 96.0 cm³/mol. The summed E-state index contributed by atoms with van der Waals surface area (Å²) in [5.41, 5.74) is 4.28. The van der Waals surface area contributed by atoms with Crippen molar-refractivity contribution < 1.29 is 65.3 Å². The van der Waals surface area contributed by atoms with Gasteiger partial charge in [0.05, 0.1) is 12.5 Å². The van der Waals surface area contributed by atoms with Gasteiger partial charge in [-0.05, 0) is 54.3 Å². The third-order valence-electron chi connectivity index (χ3n) is 4.29. The molecule has 0 bridgehead atoms. The van der Waals surface area contributed by atoms with E-state index in [-0.39, 0.29) is 69.5 Å². The Morgan fingerprint density at radius 2 is 1.92 bits per heavy atom. The molecule has 0 aromatic heterocycles. The minimum Gasteiger partial charge on any atom is -0.759 e. The molecule has 0 saturated heterocycles. The summed E-state index contributed by atoms with van der Waals surface area (Å²) >= 11 is 6.01. The first-order valence-corrected chi connectivity index (χ1v) is 8.26. The van der Waals surface area contributed by atoms with E-state index < -0.39 is 12.0 Å². The molecule has 0 saturated carbocycles. The van der Waals surface area contributed by atoms with E-state index in [4.69, 9.17) is 16.3 Å². The summed E-state index contributed by atoms with van der Waals surface area (Å²) in [5, 5.41) is 11.3. The third kappa shape index (κ3) is 6.69. The van der Waals surface area contributed by atoms with Crippen LogP contribution in [0.5, 0.6) is 0 Å². The zero-order valence-electron chi connectivity index (χ0n) is 15.1. The Morgan fingerprint density at radius 1 is 1.27 bits per heavy atom. The molecule has 1 amide bonds. The van der Waals surface area contributed by atoms with Gasteiger partial charge in [0.1, 0.15) is 5.82 Å². The quantitative estimate of drug-likeness (QED) is 0.557. The molecular formula is C19H20ClFKNO3. The molecule has 0 radical (unpaired) electrons. The van der Waals surface area contributed by atoms with Crippen LogP contribution in [0.25, 0.3) is 0 Å². The molecule has 7 heteroatoms. The molecular weight excluding hydrogens is 384 g/mol. The van der Waals surface area contributed by atoms with Gasteiger partial charge in [0.25, 0.3) is 0 Å². The van der Waals surface area contributed by atoms with Crippen molar-refractivity contribution in [3.05, 3.63) is 75.2 Å². The van der Waals surface area contributed by atoms with Crippen LogP contribution < -0.4 is 56.9 Å². The number of methoxy groups -OCH3 is 1. The van der Waals surface area contributed by atoms with Crippen LogP contribution in [-0.2, 0) is 16.0 Å². The molecule has 0 heterocycles. The number of benzene rings is 2. The Labute approximate surface area is 200 Å². The van der Waals surface area contributed by atoms with Gasteiger partial charge in [0.2, 0.25) is 5.91 Å². The number of hydrogen-bond donors (Lipinski definition) is 1. The summed E-state index contributed by atoms with van der Waals surface area (Å²) in [7, 11) is 1.49. The number of ether oxygens (including phenoxy) is 1. The van der Waals surface area contributed by atoms with Gasteiger partial charge in [-0.1, -0.05) is 29.8 Å². The molecule has 0 aliphatic rings. The molecule has 0 fully saturated rings. The van der Waals surface area contributed by atoms with E-state index in [0.717, 1.165) is 16.7 Å². The van der Waals surface area contributed by atoms with E-state index in [9.17, 15) is 14.4 Å². The van der Waals surface area contributed by atoms with Gasteiger partial charge in [0, 0.05) is 18.1 Å². The smallest absolute Gasteiger partial charge is 0.759 e. The van der Waals surface area contributed by atoms with Crippen molar-refractivity contribution in [2.45, 2.75) is 31.8 Å². The van der Waals surface area contributed by atoms with E-state index >= 15 is 0 Å². The molecule has 2 aromatic carbocycles. The van der Waals surface area contributed by atoms with Crippen molar-refractivity contribution in [1.29, 1.82) is 0 Å². The van der Waals surface area contributed by atoms with Crippen LogP contribution in [0.2, 0.25) is 5.02 Å². The number of rotatable bonds is 7. The number of hydrogen-bond acceptors (Lipinski definition) is 3. The van der Waals surface area contributed by atoms with Crippen molar-refractivity contribution in [1.82, 2.24) is 5.48 Å². The average molecular weight is 404 g/mol. The summed E-state index contributed by atoms with van der Waals surface area (Å²) in [5.74, 6) is -1.20. The summed E-state index contributed by atoms with van der Waals surface area (Å²) < 4.78 is 18.8. The Bertz CT molecular complexity index is 727. The number of amides is 1. The molecule has 26 heavy (non-hydrogen) atoms. The number of halogens is 2. The van der Waals surface area contributed by atoms with Crippen LogP contribution in [0.15, 0.2) is 42.5 Å². The third-order valence-corrected chi connectivity index (χ3v) is 4.53. The van der Waals surface area contributed by atoms with Gasteiger partial charge < -0.3 is 15.4 Å². The van der Waals surface area contributed by atoms with Crippen molar-refractivity contribution in [2.75, 3.05) is 7.11 Å². The minimum atomic E-state index is -0.646. The van der Waals surface area contributed by atoms with E-state index in [1.54, 1.807) is 18.2 Å². The first-order chi connectivity index (χ1) is 11.9. The van der Waals surface area contributed by atoms with Crippen LogP contribution in [0.4, 0.5) is 4.39 Å². The Kier molecular flexibility index (Phi) is 10.5. The van der Waals surface area contributed by atoms with E-state index in [1.165, 1.54) is 24.7 Å². The SMILES string of the molecule is CO[C@H](CC(=O)N[O-])[C@H](Cc1ccc(Cl)cc1C)c1ccc(F)cc1.[K+]. The molecule has 2 aromatic rings. The van der Waals surface area contributed by atoms with Crippen molar-refractivity contribution in [2.24, 2.45) is 0 Å². The minimum absolute atomic E-state index is 0. The first-order valence-electron chi connectivity index (χ1n) is 7.89. The standard InChI is InChI=1S/C19H20ClFNO3.K/c1-12-9-15(20)6-3-14(12)10-17(13-4-7-16(21)8-5-13)18(25-2)11-19(23)22-24;/h3-9,17-18H,10-11H2,1-2H3,(H-,22,23,24);/q-1;+1/t17-,18-;/m1./s1. The maximum atomic E-state index is 13.3.